The molecular weight excluding hydrogens is 364 g/mol. The van der Waals surface area contributed by atoms with E-state index < -0.39 is 11.8 Å². The Morgan fingerprint density at radius 2 is 1.67 bits per heavy atom. The van der Waals surface area contributed by atoms with Crippen LogP contribution in [0.25, 0.3) is 10.6 Å². The van der Waals surface area contributed by atoms with Gasteiger partial charge in [-0.3, -0.25) is 14.4 Å². The van der Waals surface area contributed by atoms with E-state index in [0.717, 1.165) is 10.6 Å². The molecule has 27 heavy (non-hydrogen) atoms. The van der Waals surface area contributed by atoms with Gasteiger partial charge in [0.25, 0.3) is 5.91 Å². The lowest BCUT2D eigenvalue weighted by molar-refractivity contribution is -0.147. The second-order valence-corrected chi connectivity index (χ2v) is 7.47. The first-order chi connectivity index (χ1) is 13.0. The summed E-state index contributed by atoms with van der Waals surface area (Å²) in [5, 5.41) is 5.16. The average Bonchev–Trinajstić information content (AvgIpc) is 3.17. The Balaban J connectivity index is 1.58. The number of nitrogens with one attached hydrogen (secondary N) is 1. The molecule has 1 fully saturated rings. The molecule has 1 aliphatic rings. The second kappa shape index (κ2) is 8.30. The van der Waals surface area contributed by atoms with Crippen LogP contribution in [-0.2, 0) is 9.59 Å². The minimum Gasteiger partial charge on any atom is -0.346 e. The number of thiazole rings is 1. The predicted molar refractivity (Wildman–Crippen MR) is 103 cm³/mol. The van der Waals surface area contributed by atoms with E-state index in [1.54, 1.807) is 24.1 Å². The molecule has 1 aliphatic heterocycles. The van der Waals surface area contributed by atoms with Gasteiger partial charge in [0.05, 0.1) is 0 Å². The molecule has 1 aromatic heterocycles. The van der Waals surface area contributed by atoms with Gasteiger partial charge in [-0.2, -0.15) is 0 Å². The van der Waals surface area contributed by atoms with Crippen LogP contribution in [0.3, 0.4) is 0 Å². The van der Waals surface area contributed by atoms with Crippen LogP contribution in [0.2, 0.25) is 0 Å². The van der Waals surface area contributed by atoms with Crippen molar-refractivity contribution in [2.24, 2.45) is 0 Å². The Kier molecular flexibility index (Phi) is 5.85. The topological polar surface area (TPSA) is 82.6 Å². The van der Waals surface area contributed by atoms with Crippen molar-refractivity contribution in [2.45, 2.75) is 19.9 Å². The van der Waals surface area contributed by atoms with E-state index in [1.807, 2.05) is 30.3 Å². The first-order valence-electron chi connectivity index (χ1n) is 8.85. The van der Waals surface area contributed by atoms with Gasteiger partial charge in [-0.1, -0.05) is 30.3 Å². The standard InChI is InChI=1S/C19H22N4O3S/c1-13(2)20-16(24)19(26)23-10-8-22(9-11-23)18(25)15-12-27-17(21-15)14-6-4-3-5-7-14/h3-7,12-13H,8-11H2,1-2H3,(H,20,24). The summed E-state index contributed by atoms with van der Waals surface area (Å²) >= 11 is 1.43. The molecule has 1 aromatic carbocycles. The lowest BCUT2D eigenvalue weighted by atomic mass is 10.2. The zero-order chi connectivity index (χ0) is 19.4. The van der Waals surface area contributed by atoms with Crippen molar-refractivity contribution in [1.82, 2.24) is 20.1 Å². The van der Waals surface area contributed by atoms with Crippen LogP contribution < -0.4 is 5.32 Å². The van der Waals surface area contributed by atoms with Gasteiger partial charge in [-0.15, -0.1) is 11.3 Å². The van der Waals surface area contributed by atoms with Crippen molar-refractivity contribution < 1.29 is 14.4 Å². The van der Waals surface area contributed by atoms with Gasteiger partial charge in [0.1, 0.15) is 10.7 Å². The molecule has 0 unspecified atom stereocenters. The van der Waals surface area contributed by atoms with Crippen LogP contribution in [0.1, 0.15) is 24.3 Å². The fourth-order valence-corrected chi connectivity index (χ4v) is 3.63. The van der Waals surface area contributed by atoms with E-state index in [1.165, 1.54) is 16.2 Å². The van der Waals surface area contributed by atoms with Crippen LogP contribution >= 0.6 is 11.3 Å². The number of aromatic nitrogens is 1. The van der Waals surface area contributed by atoms with Crippen LogP contribution in [0, 0.1) is 0 Å². The monoisotopic (exact) mass is 386 g/mol. The molecule has 3 amide bonds. The van der Waals surface area contributed by atoms with Crippen molar-refractivity contribution in [2.75, 3.05) is 26.2 Å². The summed E-state index contributed by atoms with van der Waals surface area (Å²) in [6.45, 7) is 5.06. The Hall–Kier alpha value is -2.74. The van der Waals surface area contributed by atoms with E-state index >= 15 is 0 Å². The van der Waals surface area contributed by atoms with Gasteiger partial charge < -0.3 is 15.1 Å². The average molecular weight is 386 g/mol. The molecule has 1 N–H and O–H groups in total. The summed E-state index contributed by atoms with van der Waals surface area (Å²) in [5.74, 6) is -1.29. The highest BCUT2D eigenvalue weighted by Gasteiger charge is 2.29. The molecule has 8 heteroatoms. The largest absolute Gasteiger partial charge is 0.346 e. The van der Waals surface area contributed by atoms with E-state index in [-0.39, 0.29) is 11.9 Å². The zero-order valence-electron chi connectivity index (χ0n) is 15.3. The summed E-state index contributed by atoms with van der Waals surface area (Å²) in [6.07, 6.45) is 0. The van der Waals surface area contributed by atoms with Gasteiger partial charge in [0.2, 0.25) is 0 Å². The normalized spacial score (nSPS) is 14.3. The maximum absolute atomic E-state index is 12.7. The Morgan fingerprint density at radius 3 is 2.30 bits per heavy atom. The molecule has 0 radical (unpaired) electrons. The highest BCUT2D eigenvalue weighted by molar-refractivity contribution is 7.13. The predicted octanol–water partition coefficient (Wildman–Crippen LogP) is 1.62. The summed E-state index contributed by atoms with van der Waals surface area (Å²) in [5.41, 5.74) is 1.39. The number of nitrogens with zero attached hydrogens (tertiary/aromatic N) is 3. The first-order valence-corrected chi connectivity index (χ1v) is 9.73. The van der Waals surface area contributed by atoms with Gasteiger partial charge in [0.15, 0.2) is 0 Å². The molecule has 0 spiro atoms. The molecule has 0 bridgehead atoms. The summed E-state index contributed by atoms with van der Waals surface area (Å²) < 4.78 is 0. The van der Waals surface area contributed by atoms with Crippen molar-refractivity contribution in [3.05, 3.63) is 41.4 Å². The van der Waals surface area contributed by atoms with Gasteiger partial charge in [0, 0.05) is 43.2 Å². The number of rotatable bonds is 3. The third kappa shape index (κ3) is 4.51. The quantitative estimate of drug-likeness (QED) is 0.813. The lowest BCUT2D eigenvalue weighted by Crippen LogP contribution is -2.54. The van der Waals surface area contributed by atoms with Crippen LogP contribution in [-0.4, -0.2) is 64.7 Å². The number of piperazine rings is 1. The molecule has 3 rings (SSSR count). The van der Waals surface area contributed by atoms with Gasteiger partial charge >= 0.3 is 11.8 Å². The summed E-state index contributed by atoms with van der Waals surface area (Å²) in [4.78, 5) is 44.3. The molecule has 0 aliphatic carbocycles. The number of carbonyl (C=O) groups excluding carboxylic acids is 3. The van der Waals surface area contributed by atoms with E-state index in [0.29, 0.717) is 31.9 Å². The Labute approximate surface area is 162 Å². The molecule has 0 atom stereocenters. The van der Waals surface area contributed by atoms with Crippen LogP contribution in [0.15, 0.2) is 35.7 Å². The third-order valence-corrected chi connectivity index (χ3v) is 5.10. The van der Waals surface area contributed by atoms with Crippen molar-refractivity contribution in [3.63, 3.8) is 0 Å². The number of hydrogen-bond acceptors (Lipinski definition) is 5. The van der Waals surface area contributed by atoms with Crippen LogP contribution in [0.4, 0.5) is 0 Å². The van der Waals surface area contributed by atoms with Gasteiger partial charge in [-0.05, 0) is 13.8 Å². The number of benzene rings is 1. The molecule has 7 nitrogen and oxygen atoms in total. The SMILES string of the molecule is CC(C)NC(=O)C(=O)N1CCN(C(=O)c2csc(-c3ccccc3)n2)CC1. The highest BCUT2D eigenvalue weighted by Crippen LogP contribution is 2.24. The number of carbonyl (C=O) groups is 3. The van der Waals surface area contributed by atoms with Gasteiger partial charge in [-0.25, -0.2) is 4.98 Å². The first kappa shape index (κ1) is 19.0. The third-order valence-electron chi connectivity index (χ3n) is 4.21. The van der Waals surface area contributed by atoms with E-state index in [9.17, 15) is 14.4 Å². The molecule has 0 saturated carbocycles. The minimum atomic E-state index is -0.600. The molecule has 142 valence electrons. The molecular formula is C19H22N4O3S. The maximum Gasteiger partial charge on any atom is 0.312 e. The van der Waals surface area contributed by atoms with Crippen molar-refractivity contribution >= 4 is 29.1 Å². The van der Waals surface area contributed by atoms with E-state index in [2.05, 4.69) is 10.3 Å². The second-order valence-electron chi connectivity index (χ2n) is 6.62. The zero-order valence-corrected chi connectivity index (χ0v) is 16.2. The Morgan fingerprint density at radius 1 is 1.04 bits per heavy atom. The molecule has 2 aromatic rings. The smallest absolute Gasteiger partial charge is 0.312 e. The summed E-state index contributed by atoms with van der Waals surface area (Å²) in [7, 11) is 0. The Bertz CT molecular complexity index is 826. The molecule has 2 heterocycles. The summed E-state index contributed by atoms with van der Waals surface area (Å²) in [6, 6.07) is 9.63. The van der Waals surface area contributed by atoms with Crippen LogP contribution in [0.5, 0.6) is 0 Å². The minimum absolute atomic E-state index is 0.0900. The number of amides is 3. The fraction of sp³-hybridized carbons (Fsp3) is 0.368. The molecule has 1 saturated heterocycles. The number of hydrogen-bond donors (Lipinski definition) is 1. The van der Waals surface area contributed by atoms with Crippen molar-refractivity contribution in [1.29, 1.82) is 0 Å². The highest BCUT2D eigenvalue weighted by atomic mass is 32.1. The van der Waals surface area contributed by atoms with Crippen molar-refractivity contribution in [3.8, 4) is 10.6 Å². The lowest BCUT2D eigenvalue weighted by Gasteiger charge is -2.34. The van der Waals surface area contributed by atoms with E-state index in [4.69, 9.17) is 0 Å². The maximum atomic E-state index is 12.7. The fourth-order valence-electron chi connectivity index (χ4n) is 2.83.